The lowest BCUT2D eigenvalue weighted by Crippen LogP contribution is -2.38. The van der Waals surface area contributed by atoms with Gasteiger partial charge in [0.1, 0.15) is 0 Å². The molecule has 34 heavy (non-hydrogen) atoms. The zero-order valence-electron chi connectivity index (χ0n) is 19.8. The molecule has 3 rings (SSSR count). The number of carbonyl (C=O) groups excluding carboxylic acids is 1. The van der Waals surface area contributed by atoms with Gasteiger partial charge in [-0.05, 0) is 87.9 Å². The molecule has 6 unspecified atom stereocenters. The largest absolute Gasteiger partial charge is 0.481 e. The van der Waals surface area contributed by atoms with Crippen molar-refractivity contribution >= 4 is 11.9 Å². The Morgan fingerprint density at radius 3 is 1.97 bits per heavy atom. The van der Waals surface area contributed by atoms with Gasteiger partial charge in [-0.2, -0.15) is 0 Å². The minimum atomic E-state index is -1.05. The third-order valence-electron chi connectivity index (χ3n) is 7.94. The molecule has 10 nitrogen and oxygen atoms in total. The van der Waals surface area contributed by atoms with E-state index in [1.807, 2.05) is 0 Å². The van der Waals surface area contributed by atoms with Crippen molar-refractivity contribution in [1.29, 1.82) is 0 Å². The molecule has 6 atom stereocenters. The van der Waals surface area contributed by atoms with Gasteiger partial charge in [0.15, 0.2) is 0 Å². The minimum Gasteiger partial charge on any atom is -0.481 e. The molecule has 4 N–H and O–H groups in total. The van der Waals surface area contributed by atoms with Crippen LogP contribution in [0.1, 0.15) is 64.2 Å². The predicted octanol–water partition coefficient (Wildman–Crippen LogP) is 2.41. The molecule has 0 saturated heterocycles. The smallest absolute Gasteiger partial charge is 0.309 e. The average molecular weight is 489 g/mol. The maximum atomic E-state index is 12.5. The summed E-state index contributed by atoms with van der Waals surface area (Å²) in [5.74, 6) is -2.23. The van der Waals surface area contributed by atoms with Gasteiger partial charge in [-0.3, -0.25) is 14.8 Å². The summed E-state index contributed by atoms with van der Waals surface area (Å²) in [5, 5.41) is 37.6. The van der Waals surface area contributed by atoms with Crippen LogP contribution in [0, 0.1) is 35.5 Å². The first-order valence-electron chi connectivity index (χ1n) is 12.6. The fourth-order valence-electron chi connectivity index (χ4n) is 5.68. The van der Waals surface area contributed by atoms with Crippen LogP contribution < -0.4 is 0 Å². The normalized spacial score (nSPS) is 36.7. The Kier molecular flexibility index (Phi) is 11.0. The van der Waals surface area contributed by atoms with Crippen LogP contribution in [0.25, 0.3) is 0 Å². The van der Waals surface area contributed by atoms with Gasteiger partial charge < -0.3 is 20.1 Å². The first-order valence-corrected chi connectivity index (χ1v) is 12.6. The highest BCUT2D eigenvalue weighted by Gasteiger charge is 2.40. The second-order valence-electron chi connectivity index (χ2n) is 10.4. The molecular formula is C24H40O10. The standard InChI is InChI=1S/C24H40O10/c25-19-6-5-17(18(9-19)13-32-30)14-34-33-12-16-3-1-15(2-4-16)11-31-24(29)21-8-7-20(26)10-22(21)23(27)28/h15-22,25-26,30H,1-14H2,(H,27,28). The number of carboxylic acid groups (broad SMARTS) is 1. The summed E-state index contributed by atoms with van der Waals surface area (Å²) < 4.78 is 5.49. The van der Waals surface area contributed by atoms with Gasteiger partial charge in [0, 0.05) is 0 Å². The number of aliphatic hydroxyl groups excluding tert-OH is 2. The topological polar surface area (TPSA) is 152 Å². The second kappa shape index (κ2) is 13.7. The zero-order valence-corrected chi connectivity index (χ0v) is 19.8. The summed E-state index contributed by atoms with van der Waals surface area (Å²) in [6.07, 6.45) is 5.63. The molecule has 0 heterocycles. The van der Waals surface area contributed by atoms with Crippen LogP contribution in [0.5, 0.6) is 0 Å². The van der Waals surface area contributed by atoms with Crippen LogP contribution in [0.4, 0.5) is 0 Å². The number of esters is 1. The van der Waals surface area contributed by atoms with Crippen LogP contribution in [-0.4, -0.2) is 71.2 Å². The monoisotopic (exact) mass is 488 g/mol. The van der Waals surface area contributed by atoms with Crippen LogP contribution in [0.3, 0.4) is 0 Å². The first-order chi connectivity index (χ1) is 16.4. The number of carbonyl (C=O) groups is 2. The van der Waals surface area contributed by atoms with E-state index in [2.05, 4.69) is 4.89 Å². The van der Waals surface area contributed by atoms with Crippen molar-refractivity contribution in [1.82, 2.24) is 0 Å². The van der Waals surface area contributed by atoms with Gasteiger partial charge in [-0.1, -0.05) is 0 Å². The molecule has 0 amide bonds. The van der Waals surface area contributed by atoms with Crippen LogP contribution in [0.2, 0.25) is 0 Å². The van der Waals surface area contributed by atoms with Crippen molar-refractivity contribution in [2.24, 2.45) is 35.5 Å². The molecule has 0 radical (unpaired) electrons. The maximum absolute atomic E-state index is 12.5. The Morgan fingerprint density at radius 1 is 0.676 bits per heavy atom. The number of ether oxygens (including phenoxy) is 1. The number of carboxylic acids is 1. The molecule has 3 saturated carbocycles. The highest BCUT2D eigenvalue weighted by molar-refractivity contribution is 5.81. The van der Waals surface area contributed by atoms with Crippen molar-refractivity contribution < 1.29 is 49.6 Å². The van der Waals surface area contributed by atoms with Crippen molar-refractivity contribution in [2.75, 3.05) is 26.4 Å². The quantitative estimate of drug-likeness (QED) is 0.148. The number of hydrogen-bond acceptors (Lipinski definition) is 9. The van der Waals surface area contributed by atoms with Crippen molar-refractivity contribution in [3.05, 3.63) is 0 Å². The van der Waals surface area contributed by atoms with Gasteiger partial charge in [0.05, 0.1) is 50.5 Å². The van der Waals surface area contributed by atoms with Gasteiger partial charge in [-0.25, -0.2) is 14.7 Å². The lowest BCUT2D eigenvalue weighted by Gasteiger charge is -2.33. The molecule has 0 aromatic carbocycles. The molecule has 0 spiro atoms. The average Bonchev–Trinajstić information content (AvgIpc) is 2.82. The van der Waals surface area contributed by atoms with Crippen LogP contribution >= 0.6 is 0 Å². The van der Waals surface area contributed by atoms with Gasteiger partial charge in [0.2, 0.25) is 0 Å². The minimum absolute atomic E-state index is 0.0416. The fraction of sp³-hybridized carbons (Fsp3) is 0.917. The first kappa shape index (κ1) is 27.3. The predicted molar refractivity (Wildman–Crippen MR) is 118 cm³/mol. The molecule has 10 heteroatoms. The van der Waals surface area contributed by atoms with E-state index in [9.17, 15) is 24.9 Å². The Balaban J connectivity index is 1.29. The number of hydrogen-bond donors (Lipinski definition) is 4. The van der Waals surface area contributed by atoms with Gasteiger partial charge in [-0.15, -0.1) is 0 Å². The number of rotatable bonds is 11. The molecule has 3 fully saturated rings. The number of aliphatic carboxylic acids is 1. The number of aliphatic hydroxyl groups is 2. The molecule has 0 bridgehead atoms. The molecule has 3 aliphatic rings. The summed E-state index contributed by atoms with van der Waals surface area (Å²) in [6, 6.07) is 0. The van der Waals surface area contributed by atoms with Crippen LogP contribution in [0.15, 0.2) is 0 Å². The molecule has 0 aromatic rings. The molecule has 196 valence electrons. The Bertz CT molecular complexity index is 635. The van der Waals surface area contributed by atoms with E-state index in [0.717, 1.165) is 32.1 Å². The Hall–Kier alpha value is -1.30. The Morgan fingerprint density at radius 2 is 1.29 bits per heavy atom. The van der Waals surface area contributed by atoms with Gasteiger partial charge in [0.25, 0.3) is 0 Å². The lowest BCUT2D eigenvalue weighted by molar-refractivity contribution is -0.316. The van der Waals surface area contributed by atoms with Crippen molar-refractivity contribution in [2.45, 2.75) is 76.4 Å². The summed E-state index contributed by atoms with van der Waals surface area (Å²) in [6.45, 7) is 1.38. The maximum Gasteiger partial charge on any atom is 0.309 e. The third-order valence-corrected chi connectivity index (χ3v) is 7.94. The van der Waals surface area contributed by atoms with E-state index in [1.165, 1.54) is 0 Å². The summed E-state index contributed by atoms with van der Waals surface area (Å²) in [4.78, 5) is 39.1. The van der Waals surface area contributed by atoms with E-state index < -0.39 is 29.9 Å². The second-order valence-corrected chi connectivity index (χ2v) is 10.4. The van der Waals surface area contributed by atoms with E-state index in [0.29, 0.717) is 51.4 Å². The highest BCUT2D eigenvalue weighted by atomic mass is 17.2. The zero-order chi connectivity index (χ0) is 24.5. The van der Waals surface area contributed by atoms with E-state index in [1.54, 1.807) is 0 Å². The lowest BCUT2D eigenvalue weighted by atomic mass is 9.78. The summed E-state index contributed by atoms with van der Waals surface area (Å²) in [7, 11) is 0. The molecule has 3 aliphatic carbocycles. The van der Waals surface area contributed by atoms with Crippen molar-refractivity contribution in [3.63, 3.8) is 0 Å². The molecule has 0 aliphatic heterocycles. The van der Waals surface area contributed by atoms with E-state index in [4.69, 9.17) is 19.8 Å². The third kappa shape index (κ3) is 8.13. The van der Waals surface area contributed by atoms with Crippen molar-refractivity contribution in [3.8, 4) is 0 Å². The van der Waals surface area contributed by atoms with E-state index >= 15 is 0 Å². The SMILES string of the molecule is O=C(O)C1CC(O)CCC1C(=O)OCC1CCC(COOCC2CCC(O)CC2COO)CC1. The summed E-state index contributed by atoms with van der Waals surface area (Å²) in [5.41, 5.74) is 0. The van der Waals surface area contributed by atoms with Crippen LogP contribution in [-0.2, 0) is 29.0 Å². The fourth-order valence-corrected chi connectivity index (χ4v) is 5.68. The molecule has 0 aromatic heterocycles. The van der Waals surface area contributed by atoms with E-state index in [-0.39, 0.29) is 36.9 Å². The van der Waals surface area contributed by atoms with Gasteiger partial charge >= 0.3 is 11.9 Å². The Labute approximate surface area is 200 Å². The summed E-state index contributed by atoms with van der Waals surface area (Å²) >= 11 is 0. The highest BCUT2D eigenvalue weighted by Crippen LogP contribution is 2.34. The molecular weight excluding hydrogens is 448 g/mol.